The molecular formula is C37H25NO. The lowest BCUT2D eigenvalue weighted by Gasteiger charge is -2.27. The molecule has 184 valence electrons. The Balaban J connectivity index is 1.31. The number of carbonyl (C=O) groups excluding carboxylic acids is 1. The molecule has 0 unspecified atom stereocenters. The highest BCUT2D eigenvalue weighted by molar-refractivity contribution is 6.24. The van der Waals surface area contributed by atoms with Crippen molar-refractivity contribution in [2.75, 3.05) is 4.90 Å². The van der Waals surface area contributed by atoms with E-state index in [4.69, 9.17) is 0 Å². The van der Waals surface area contributed by atoms with Gasteiger partial charge in [0.15, 0.2) is 5.78 Å². The minimum Gasteiger partial charge on any atom is -0.310 e. The fourth-order valence-electron chi connectivity index (χ4n) is 5.64. The van der Waals surface area contributed by atoms with Gasteiger partial charge in [0.1, 0.15) is 0 Å². The van der Waals surface area contributed by atoms with Gasteiger partial charge in [-0.1, -0.05) is 121 Å². The third kappa shape index (κ3) is 3.94. The van der Waals surface area contributed by atoms with Crippen LogP contribution in [0.2, 0.25) is 0 Å². The monoisotopic (exact) mass is 499 g/mol. The summed E-state index contributed by atoms with van der Waals surface area (Å²) < 4.78 is 0. The van der Waals surface area contributed by atoms with Crippen molar-refractivity contribution in [2.45, 2.75) is 0 Å². The van der Waals surface area contributed by atoms with Crippen molar-refractivity contribution >= 4 is 22.8 Å². The topological polar surface area (TPSA) is 20.3 Å². The lowest BCUT2D eigenvalue weighted by Crippen LogP contribution is -2.10. The summed E-state index contributed by atoms with van der Waals surface area (Å²) in [4.78, 5) is 15.6. The maximum atomic E-state index is 13.4. The maximum Gasteiger partial charge on any atom is 0.194 e. The molecule has 0 aliphatic heterocycles. The fourth-order valence-corrected chi connectivity index (χ4v) is 5.64. The summed E-state index contributed by atoms with van der Waals surface area (Å²) in [6, 6.07) is 52.0. The Labute approximate surface area is 228 Å². The van der Waals surface area contributed by atoms with Gasteiger partial charge in [0.25, 0.3) is 0 Å². The number of anilines is 3. The fraction of sp³-hybridized carbons (Fsp3) is 0. The van der Waals surface area contributed by atoms with Crippen LogP contribution >= 0.6 is 0 Å². The van der Waals surface area contributed by atoms with E-state index in [1.807, 2.05) is 42.5 Å². The van der Waals surface area contributed by atoms with Gasteiger partial charge in [-0.25, -0.2) is 0 Å². The molecule has 6 aromatic rings. The van der Waals surface area contributed by atoms with Gasteiger partial charge in [-0.15, -0.1) is 0 Å². The van der Waals surface area contributed by atoms with E-state index in [1.54, 1.807) is 0 Å². The second-order valence-electron chi connectivity index (χ2n) is 9.70. The predicted molar refractivity (Wildman–Crippen MR) is 161 cm³/mol. The van der Waals surface area contributed by atoms with Crippen LogP contribution in [-0.4, -0.2) is 5.78 Å². The third-order valence-corrected chi connectivity index (χ3v) is 7.43. The zero-order valence-corrected chi connectivity index (χ0v) is 21.3. The summed E-state index contributed by atoms with van der Waals surface area (Å²) >= 11 is 0. The van der Waals surface area contributed by atoms with Crippen molar-refractivity contribution in [1.82, 2.24) is 0 Å². The van der Waals surface area contributed by atoms with E-state index in [2.05, 4.69) is 114 Å². The molecule has 0 spiro atoms. The molecule has 1 aliphatic rings. The Bertz CT molecular complexity index is 1770. The number of nitrogens with zero attached hydrogens (tertiary/aromatic N) is 1. The summed E-state index contributed by atoms with van der Waals surface area (Å²) in [5.74, 6) is 0.104. The lowest BCUT2D eigenvalue weighted by atomic mass is 9.93. The molecule has 0 amide bonds. The van der Waals surface area contributed by atoms with E-state index >= 15 is 0 Å². The van der Waals surface area contributed by atoms with Gasteiger partial charge in [-0.2, -0.15) is 0 Å². The zero-order chi connectivity index (χ0) is 26.2. The molecule has 0 atom stereocenters. The van der Waals surface area contributed by atoms with Crippen molar-refractivity contribution in [2.24, 2.45) is 0 Å². The number of ketones is 1. The van der Waals surface area contributed by atoms with Crippen LogP contribution in [0, 0.1) is 0 Å². The first-order valence-electron chi connectivity index (χ1n) is 13.2. The van der Waals surface area contributed by atoms with E-state index < -0.39 is 0 Å². The highest BCUT2D eigenvalue weighted by Gasteiger charge is 2.29. The van der Waals surface area contributed by atoms with E-state index in [9.17, 15) is 4.79 Å². The van der Waals surface area contributed by atoms with Crippen molar-refractivity contribution in [3.05, 3.63) is 163 Å². The molecule has 0 radical (unpaired) electrons. The molecule has 6 aromatic carbocycles. The smallest absolute Gasteiger partial charge is 0.194 e. The van der Waals surface area contributed by atoms with Gasteiger partial charge in [0, 0.05) is 28.1 Å². The predicted octanol–water partition coefficient (Wildman–Crippen LogP) is 9.70. The summed E-state index contributed by atoms with van der Waals surface area (Å²) in [7, 11) is 0. The first-order chi connectivity index (χ1) is 19.3. The van der Waals surface area contributed by atoms with Crippen molar-refractivity contribution in [3.8, 4) is 33.4 Å². The molecule has 39 heavy (non-hydrogen) atoms. The van der Waals surface area contributed by atoms with E-state index in [-0.39, 0.29) is 5.78 Å². The first-order valence-corrected chi connectivity index (χ1v) is 13.2. The minimum atomic E-state index is 0.104. The number of benzene rings is 6. The average molecular weight is 500 g/mol. The molecule has 0 N–H and O–H groups in total. The molecule has 0 bridgehead atoms. The Morgan fingerprint density at radius 2 is 0.821 bits per heavy atom. The average Bonchev–Trinajstić information content (AvgIpc) is 3.31. The van der Waals surface area contributed by atoms with E-state index in [0.29, 0.717) is 0 Å². The van der Waals surface area contributed by atoms with E-state index in [0.717, 1.165) is 61.6 Å². The van der Waals surface area contributed by atoms with Crippen LogP contribution < -0.4 is 4.90 Å². The van der Waals surface area contributed by atoms with Gasteiger partial charge in [-0.05, 0) is 58.1 Å². The van der Waals surface area contributed by atoms with Gasteiger partial charge in [0.05, 0.1) is 5.69 Å². The molecule has 0 saturated heterocycles. The molecule has 0 fully saturated rings. The maximum absolute atomic E-state index is 13.4. The number of rotatable bonds is 5. The summed E-state index contributed by atoms with van der Waals surface area (Å²) in [5, 5.41) is 0. The molecule has 0 aromatic heterocycles. The number of carbonyl (C=O) groups is 1. The number of hydrogen-bond acceptors (Lipinski definition) is 2. The summed E-state index contributed by atoms with van der Waals surface area (Å²) in [6.07, 6.45) is 0. The Kier molecular flexibility index (Phi) is 5.64. The van der Waals surface area contributed by atoms with Crippen LogP contribution in [0.4, 0.5) is 17.1 Å². The minimum absolute atomic E-state index is 0.104. The van der Waals surface area contributed by atoms with Gasteiger partial charge < -0.3 is 4.90 Å². The number of hydrogen-bond donors (Lipinski definition) is 0. The molecule has 7 rings (SSSR count). The SMILES string of the molecule is O=C1c2ccccc2-c2cccc(-c3ccc(-c4ccccc4N(c4ccccc4)c4ccccc4)cc3)c21. The molecular weight excluding hydrogens is 474 g/mol. The Morgan fingerprint density at radius 3 is 1.46 bits per heavy atom. The third-order valence-electron chi connectivity index (χ3n) is 7.43. The highest BCUT2D eigenvalue weighted by Crippen LogP contribution is 2.43. The van der Waals surface area contributed by atoms with Crippen LogP contribution in [-0.2, 0) is 0 Å². The van der Waals surface area contributed by atoms with Crippen LogP contribution in [0.1, 0.15) is 15.9 Å². The Morgan fingerprint density at radius 1 is 0.359 bits per heavy atom. The summed E-state index contributed by atoms with van der Waals surface area (Å²) in [6.45, 7) is 0. The van der Waals surface area contributed by atoms with Crippen LogP contribution in [0.5, 0.6) is 0 Å². The quantitative estimate of drug-likeness (QED) is 0.235. The Hall–Kier alpha value is -5.21. The van der Waals surface area contributed by atoms with Crippen LogP contribution in [0.15, 0.2) is 152 Å². The molecule has 1 aliphatic carbocycles. The molecule has 2 heteroatoms. The molecule has 0 saturated carbocycles. The van der Waals surface area contributed by atoms with Crippen LogP contribution in [0.3, 0.4) is 0 Å². The van der Waals surface area contributed by atoms with E-state index in [1.165, 1.54) is 0 Å². The summed E-state index contributed by atoms with van der Waals surface area (Å²) in [5.41, 5.74) is 11.2. The lowest BCUT2D eigenvalue weighted by molar-refractivity contribution is 0.104. The second kappa shape index (κ2) is 9.59. The van der Waals surface area contributed by atoms with Gasteiger partial charge >= 0.3 is 0 Å². The normalized spacial score (nSPS) is 11.6. The first kappa shape index (κ1) is 22.9. The van der Waals surface area contributed by atoms with Crippen molar-refractivity contribution in [3.63, 3.8) is 0 Å². The molecule has 0 heterocycles. The molecule has 2 nitrogen and oxygen atoms in total. The number of para-hydroxylation sites is 3. The van der Waals surface area contributed by atoms with Crippen molar-refractivity contribution < 1.29 is 4.79 Å². The second-order valence-corrected chi connectivity index (χ2v) is 9.70. The van der Waals surface area contributed by atoms with Crippen molar-refractivity contribution in [1.29, 1.82) is 0 Å². The van der Waals surface area contributed by atoms with Gasteiger partial charge in [-0.3, -0.25) is 4.79 Å². The number of fused-ring (bicyclic) bond motifs is 3. The van der Waals surface area contributed by atoms with Gasteiger partial charge in [0.2, 0.25) is 0 Å². The largest absolute Gasteiger partial charge is 0.310 e. The standard InChI is InChI=1S/C37H25NO/c39-37-34-18-8-7-17-32(34)33-20-11-19-31(36(33)37)27-24-22-26(23-25-27)30-16-9-10-21-35(30)38(28-12-3-1-4-13-28)29-14-5-2-6-15-29/h1-25H. The zero-order valence-electron chi connectivity index (χ0n) is 21.3. The van der Waals surface area contributed by atoms with Crippen LogP contribution in [0.25, 0.3) is 33.4 Å². The highest BCUT2D eigenvalue weighted by atomic mass is 16.1.